The maximum Gasteiger partial charge on any atom is 0.410 e. The van der Waals surface area contributed by atoms with Crippen LogP contribution in [0.4, 0.5) is 16.3 Å². The van der Waals surface area contributed by atoms with Crippen molar-refractivity contribution >= 4 is 17.6 Å². The van der Waals surface area contributed by atoms with Gasteiger partial charge in [0.1, 0.15) is 11.4 Å². The minimum atomic E-state index is -0.531. The second-order valence-corrected chi connectivity index (χ2v) is 8.67. The Balaban J connectivity index is 1.70. The number of ether oxygens (including phenoxy) is 2. The lowest BCUT2D eigenvalue weighted by molar-refractivity contribution is 0.0221. The number of benzene rings is 1. The normalized spacial score (nSPS) is 16.9. The van der Waals surface area contributed by atoms with Gasteiger partial charge >= 0.3 is 6.09 Å². The average molecular weight is 412 g/mol. The highest BCUT2D eigenvalue weighted by molar-refractivity contribution is 5.69. The molecule has 8 heteroatoms. The van der Waals surface area contributed by atoms with Crippen LogP contribution in [0.1, 0.15) is 32.0 Å². The SMILES string of the molecule is CC(C)(C)OC(=O)N1CCc2c(nc(-c3ccc(N)cc3)nc2N2CCOCC2)C1. The van der Waals surface area contributed by atoms with Crippen LogP contribution in [0.3, 0.4) is 0 Å². The van der Waals surface area contributed by atoms with Crippen LogP contribution in [-0.4, -0.2) is 59.4 Å². The van der Waals surface area contributed by atoms with Gasteiger partial charge in [-0.05, 0) is 51.5 Å². The van der Waals surface area contributed by atoms with Crippen LogP contribution in [0.25, 0.3) is 11.4 Å². The molecule has 1 aromatic heterocycles. The van der Waals surface area contributed by atoms with Crippen LogP contribution in [0.15, 0.2) is 24.3 Å². The summed E-state index contributed by atoms with van der Waals surface area (Å²) in [4.78, 5) is 26.4. The largest absolute Gasteiger partial charge is 0.444 e. The number of anilines is 2. The van der Waals surface area contributed by atoms with Gasteiger partial charge in [-0.25, -0.2) is 14.8 Å². The van der Waals surface area contributed by atoms with Crippen LogP contribution in [0.5, 0.6) is 0 Å². The molecule has 3 heterocycles. The fourth-order valence-electron chi connectivity index (χ4n) is 3.69. The molecule has 2 aliphatic rings. The van der Waals surface area contributed by atoms with E-state index >= 15 is 0 Å². The summed E-state index contributed by atoms with van der Waals surface area (Å²) in [6, 6.07) is 7.54. The summed E-state index contributed by atoms with van der Waals surface area (Å²) in [6.45, 7) is 9.57. The van der Waals surface area contributed by atoms with Crippen molar-refractivity contribution in [2.45, 2.75) is 39.3 Å². The Hall–Kier alpha value is -2.87. The first kappa shape index (κ1) is 20.4. The van der Waals surface area contributed by atoms with Crippen molar-refractivity contribution in [1.29, 1.82) is 0 Å². The maximum atomic E-state index is 12.6. The monoisotopic (exact) mass is 411 g/mol. The molecule has 0 bridgehead atoms. The number of rotatable bonds is 2. The third kappa shape index (κ3) is 4.48. The second-order valence-electron chi connectivity index (χ2n) is 8.67. The number of fused-ring (bicyclic) bond motifs is 1. The predicted octanol–water partition coefficient (Wildman–Crippen LogP) is 2.86. The third-order valence-electron chi connectivity index (χ3n) is 5.17. The minimum absolute atomic E-state index is 0.311. The van der Waals surface area contributed by atoms with Crippen LogP contribution in [0.2, 0.25) is 0 Å². The molecule has 8 nitrogen and oxygen atoms in total. The minimum Gasteiger partial charge on any atom is -0.444 e. The van der Waals surface area contributed by atoms with Gasteiger partial charge in [0, 0.05) is 36.4 Å². The summed E-state index contributed by atoms with van der Waals surface area (Å²) in [7, 11) is 0. The van der Waals surface area contributed by atoms with Crippen molar-refractivity contribution in [3.63, 3.8) is 0 Å². The quantitative estimate of drug-likeness (QED) is 0.760. The number of nitrogen functional groups attached to an aromatic ring is 1. The molecule has 0 radical (unpaired) electrons. The molecule has 2 aliphatic heterocycles. The average Bonchev–Trinajstić information content (AvgIpc) is 2.72. The molecule has 2 N–H and O–H groups in total. The molecule has 0 atom stereocenters. The van der Waals surface area contributed by atoms with E-state index in [0.29, 0.717) is 44.2 Å². The summed E-state index contributed by atoms with van der Waals surface area (Å²) in [5.41, 5.74) is 8.89. The Morgan fingerprint density at radius 3 is 2.47 bits per heavy atom. The van der Waals surface area contributed by atoms with Gasteiger partial charge in [0.25, 0.3) is 0 Å². The number of hydrogen-bond donors (Lipinski definition) is 1. The van der Waals surface area contributed by atoms with E-state index in [1.54, 1.807) is 4.90 Å². The Morgan fingerprint density at radius 1 is 1.10 bits per heavy atom. The fourth-order valence-corrected chi connectivity index (χ4v) is 3.69. The number of nitrogens with two attached hydrogens (primary N) is 1. The highest BCUT2D eigenvalue weighted by Crippen LogP contribution is 2.30. The van der Waals surface area contributed by atoms with Crippen LogP contribution in [0, 0.1) is 0 Å². The van der Waals surface area contributed by atoms with Gasteiger partial charge < -0.3 is 25.0 Å². The number of nitrogens with zero attached hydrogens (tertiary/aromatic N) is 4. The first-order valence-corrected chi connectivity index (χ1v) is 10.4. The first-order valence-electron chi connectivity index (χ1n) is 10.4. The van der Waals surface area contributed by atoms with Gasteiger partial charge in [-0.1, -0.05) is 0 Å². The van der Waals surface area contributed by atoms with E-state index < -0.39 is 5.60 Å². The number of hydrogen-bond acceptors (Lipinski definition) is 7. The molecular formula is C22H29N5O3. The molecule has 0 aliphatic carbocycles. The zero-order valence-corrected chi connectivity index (χ0v) is 17.9. The summed E-state index contributed by atoms with van der Waals surface area (Å²) in [5, 5.41) is 0. The van der Waals surface area contributed by atoms with E-state index in [2.05, 4.69) is 4.90 Å². The molecule has 1 amide bonds. The predicted molar refractivity (Wildman–Crippen MR) is 115 cm³/mol. The molecule has 1 aromatic carbocycles. The third-order valence-corrected chi connectivity index (χ3v) is 5.17. The molecule has 30 heavy (non-hydrogen) atoms. The number of carbonyl (C=O) groups excluding carboxylic acids is 1. The van der Waals surface area contributed by atoms with Gasteiger partial charge in [0.15, 0.2) is 5.82 Å². The van der Waals surface area contributed by atoms with Gasteiger partial charge in [-0.15, -0.1) is 0 Å². The molecule has 1 fully saturated rings. The molecule has 0 saturated carbocycles. The molecule has 4 rings (SSSR count). The topological polar surface area (TPSA) is 93.8 Å². The lowest BCUT2D eigenvalue weighted by Gasteiger charge is -2.34. The smallest absolute Gasteiger partial charge is 0.410 e. The highest BCUT2D eigenvalue weighted by atomic mass is 16.6. The Morgan fingerprint density at radius 2 is 1.80 bits per heavy atom. The number of morpholine rings is 1. The van der Waals surface area contributed by atoms with Gasteiger partial charge in [0.2, 0.25) is 0 Å². The Kier molecular flexibility index (Phi) is 5.51. The van der Waals surface area contributed by atoms with Crippen LogP contribution < -0.4 is 10.6 Å². The number of carbonyl (C=O) groups is 1. The number of aromatic nitrogens is 2. The standard InChI is InChI=1S/C22H29N5O3/c1-22(2,3)30-21(28)27-9-8-17-18(14-27)24-19(15-4-6-16(23)7-5-15)25-20(17)26-10-12-29-13-11-26/h4-7H,8-14,23H2,1-3H3. The summed E-state index contributed by atoms with van der Waals surface area (Å²) in [6.07, 6.45) is 0.386. The fraction of sp³-hybridized carbons (Fsp3) is 0.500. The zero-order valence-electron chi connectivity index (χ0n) is 17.9. The van der Waals surface area contributed by atoms with E-state index in [4.69, 9.17) is 25.2 Å². The van der Waals surface area contributed by atoms with Gasteiger partial charge in [-0.2, -0.15) is 0 Å². The van der Waals surface area contributed by atoms with Crippen molar-refractivity contribution in [2.24, 2.45) is 0 Å². The molecule has 2 aromatic rings. The van der Waals surface area contributed by atoms with E-state index in [0.717, 1.165) is 35.7 Å². The van der Waals surface area contributed by atoms with Crippen molar-refractivity contribution in [3.8, 4) is 11.4 Å². The molecular weight excluding hydrogens is 382 g/mol. The Labute approximate surface area is 177 Å². The second kappa shape index (κ2) is 8.10. The Bertz CT molecular complexity index is 918. The van der Waals surface area contributed by atoms with Gasteiger partial charge in [-0.3, -0.25) is 0 Å². The lowest BCUT2D eigenvalue weighted by Crippen LogP contribution is -2.42. The highest BCUT2D eigenvalue weighted by Gasteiger charge is 2.30. The molecule has 0 spiro atoms. The van der Waals surface area contributed by atoms with Crippen molar-refractivity contribution in [1.82, 2.24) is 14.9 Å². The van der Waals surface area contributed by atoms with Crippen LogP contribution >= 0.6 is 0 Å². The molecule has 160 valence electrons. The van der Waals surface area contributed by atoms with Crippen molar-refractivity contribution < 1.29 is 14.3 Å². The van der Waals surface area contributed by atoms with E-state index in [9.17, 15) is 4.79 Å². The van der Waals surface area contributed by atoms with E-state index in [1.807, 2.05) is 45.0 Å². The summed E-state index contributed by atoms with van der Waals surface area (Å²) >= 11 is 0. The van der Waals surface area contributed by atoms with Gasteiger partial charge in [0.05, 0.1) is 25.5 Å². The molecule has 1 saturated heterocycles. The van der Waals surface area contributed by atoms with Crippen LogP contribution in [-0.2, 0) is 22.4 Å². The van der Waals surface area contributed by atoms with E-state index in [-0.39, 0.29) is 6.09 Å². The maximum absolute atomic E-state index is 12.6. The van der Waals surface area contributed by atoms with E-state index in [1.165, 1.54) is 0 Å². The zero-order chi connectivity index (χ0) is 21.3. The van der Waals surface area contributed by atoms with Crippen molar-refractivity contribution in [3.05, 3.63) is 35.5 Å². The summed E-state index contributed by atoms with van der Waals surface area (Å²) in [5.74, 6) is 1.58. The molecule has 0 unspecified atom stereocenters. The van der Waals surface area contributed by atoms with Crippen molar-refractivity contribution in [2.75, 3.05) is 43.5 Å². The lowest BCUT2D eigenvalue weighted by atomic mass is 10.0. The first-order chi connectivity index (χ1) is 14.3. The number of amides is 1. The summed E-state index contributed by atoms with van der Waals surface area (Å²) < 4.78 is 11.1.